The number of para-hydroxylation sites is 2. The largest absolute Gasteiger partial charge is 0.436 e. The summed E-state index contributed by atoms with van der Waals surface area (Å²) in [4.78, 5) is 28.2. The predicted octanol–water partition coefficient (Wildman–Crippen LogP) is 5.16. The fourth-order valence-electron chi connectivity index (χ4n) is 2.85. The average molecular weight is 370 g/mol. The zero-order chi connectivity index (χ0) is 19.5. The highest BCUT2D eigenvalue weighted by Crippen LogP contribution is 2.27. The number of carbonyl (C=O) groups excluding carboxylic acids is 1. The van der Waals surface area contributed by atoms with Crippen LogP contribution in [0.25, 0.3) is 22.7 Å². The van der Waals surface area contributed by atoms with Crippen molar-refractivity contribution in [2.45, 2.75) is 0 Å². The summed E-state index contributed by atoms with van der Waals surface area (Å²) >= 11 is 0. The van der Waals surface area contributed by atoms with Crippen molar-refractivity contribution in [3.8, 4) is 0 Å². The molecule has 0 saturated carbocycles. The van der Waals surface area contributed by atoms with Crippen LogP contribution in [-0.2, 0) is 0 Å². The molecule has 6 nitrogen and oxygen atoms in total. The molecule has 0 bridgehead atoms. The number of nitro groups is 1. The van der Waals surface area contributed by atoms with Crippen molar-refractivity contribution in [2.24, 2.45) is 0 Å². The van der Waals surface area contributed by atoms with Gasteiger partial charge in [0.1, 0.15) is 5.52 Å². The molecule has 0 saturated heterocycles. The average Bonchev–Trinajstić information content (AvgIpc) is 3.16. The van der Waals surface area contributed by atoms with Crippen molar-refractivity contribution in [1.29, 1.82) is 0 Å². The number of hydrogen-bond donors (Lipinski definition) is 0. The Hall–Kier alpha value is -4.06. The molecule has 0 aliphatic rings. The summed E-state index contributed by atoms with van der Waals surface area (Å²) in [5.74, 6) is -0.111. The van der Waals surface area contributed by atoms with Gasteiger partial charge in [0, 0.05) is 17.7 Å². The highest BCUT2D eigenvalue weighted by molar-refractivity contribution is 6.31. The predicted molar refractivity (Wildman–Crippen MR) is 106 cm³/mol. The first-order chi connectivity index (χ1) is 13.6. The number of fused-ring (bicyclic) bond motifs is 1. The minimum absolute atomic E-state index is 0.0576. The van der Waals surface area contributed by atoms with E-state index < -0.39 is 4.92 Å². The second-order valence-electron chi connectivity index (χ2n) is 6.09. The smallest absolute Gasteiger partial charge is 0.270 e. The second-order valence-corrected chi connectivity index (χ2v) is 6.09. The number of ketones is 1. The van der Waals surface area contributed by atoms with E-state index in [1.807, 2.05) is 18.2 Å². The van der Waals surface area contributed by atoms with Gasteiger partial charge in [-0.3, -0.25) is 14.9 Å². The van der Waals surface area contributed by atoms with E-state index in [4.69, 9.17) is 4.42 Å². The van der Waals surface area contributed by atoms with Gasteiger partial charge in [-0.2, -0.15) is 0 Å². The van der Waals surface area contributed by atoms with E-state index in [0.717, 1.165) is 0 Å². The first-order valence-electron chi connectivity index (χ1n) is 8.54. The molecule has 0 N–H and O–H groups in total. The number of allylic oxidation sites excluding steroid dienone is 1. The lowest BCUT2D eigenvalue weighted by molar-refractivity contribution is -0.384. The van der Waals surface area contributed by atoms with E-state index in [-0.39, 0.29) is 22.9 Å². The molecule has 3 aromatic carbocycles. The number of hydrogen-bond acceptors (Lipinski definition) is 5. The SMILES string of the molecule is O=C(/C(=C/c1cccc([N+](=O)[O-])c1)c1nc2ccccc2o1)c1ccccc1. The van der Waals surface area contributed by atoms with Gasteiger partial charge < -0.3 is 4.42 Å². The maximum absolute atomic E-state index is 13.1. The van der Waals surface area contributed by atoms with E-state index in [9.17, 15) is 14.9 Å². The molecule has 4 rings (SSSR count). The third kappa shape index (κ3) is 3.43. The third-order valence-corrected chi connectivity index (χ3v) is 4.20. The molecule has 0 fully saturated rings. The number of rotatable bonds is 5. The highest BCUT2D eigenvalue weighted by Gasteiger charge is 2.20. The Morgan fingerprint density at radius 2 is 1.71 bits per heavy atom. The summed E-state index contributed by atoms with van der Waals surface area (Å²) in [5.41, 5.74) is 2.34. The lowest BCUT2D eigenvalue weighted by Gasteiger charge is -2.04. The van der Waals surface area contributed by atoms with Crippen LogP contribution in [0.3, 0.4) is 0 Å². The lowest BCUT2D eigenvalue weighted by atomic mass is 10.0. The molecular weight excluding hydrogens is 356 g/mol. The second kappa shape index (κ2) is 7.28. The molecular formula is C22H14N2O4. The first kappa shape index (κ1) is 17.4. The Morgan fingerprint density at radius 3 is 2.46 bits per heavy atom. The topological polar surface area (TPSA) is 86.2 Å². The number of oxazole rings is 1. The molecule has 136 valence electrons. The van der Waals surface area contributed by atoms with Gasteiger partial charge in [-0.1, -0.05) is 54.6 Å². The van der Waals surface area contributed by atoms with Crippen molar-refractivity contribution in [3.05, 3.63) is 106 Å². The van der Waals surface area contributed by atoms with Gasteiger partial charge in [0.2, 0.25) is 5.89 Å². The van der Waals surface area contributed by atoms with Gasteiger partial charge in [-0.15, -0.1) is 0 Å². The number of benzene rings is 3. The summed E-state index contributed by atoms with van der Waals surface area (Å²) < 4.78 is 5.79. The van der Waals surface area contributed by atoms with E-state index >= 15 is 0 Å². The van der Waals surface area contributed by atoms with E-state index in [2.05, 4.69) is 4.98 Å². The molecule has 0 amide bonds. The van der Waals surface area contributed by atoms with Gasteiger partial charge in [-0.25, -0.2) is 4.98 Å². The van der Waals surface area contributed by atoms with Crippen LogP contribution >= 0.6 is 0 Å². The van der Waals surface area contributed by atoms with Crippen LogP contribution in [0.15, 0.2) is 83.3 Å². The molecule has 6 heteroatoms. The van der Waals surface area contributed by atoms with Gasteiger partial charge >= 0.3 is 0 Å². The van der Waals surface area contributed by atoms with Crippen molar-refractivity contribution >= 4 is 34.2 Å². The molecule has 0 aliphatic carbocycles. The maximum Gasteiger partial charge on any atom is 0.270 e. The maximum atomic E-state index is 13.1. The molecule has 0 spiro atoms. The van der Waals surface area contributed by atoms with Crippen LogP contribution in [0.5, 0.6) is 0 Å². The molecule has 0 unspecified atom stereocenters. The van der Waals surface area contributed by atoms with Crippen molar-refractivity contribution in [3.63, 3.8) is 0 Å². The van der Waals surface area contributed by atoms with Crippen molar-refractivity contribution < 1.29 is 14.1 Å². The Kier molecular flexibility index (Phi) is 4.51. The number of Topliss-reactive ketones (excluding diaryl/α,β-unsaturated/α-hetero) is 1. The normalized spacial score (nSPS) is 11.5. The monoisotopic (exact) mass is 370 g/mol. The van der Waals surface area contributed by atoms with Crippen molar-refractivity contribution in [1.82, 2.24) is 4.98 Å². The third-order valence-electron chi connectivity index (χ3n) is 4.20. The first-order valence-corrected chi connectivity index (χ1v) is 8.54. The van der Waals surface area contributed by atoms with E-state index in [0.29, 0.717) is 22.2 Å². The number of nitro benzene ring substituents is 1. The number of non-ortho nitro benzene ring substituents is 1. The van der Waals surface area contributed by atoms with Crippen LogP contribution in [0.4, 0.5) is 5.69 Å². The zero-order valence-corrected chi connectivity index (χ0v) is 14.6. The number of nitrogens with zero attached hydrogens (tertiary/aromatic N) is 2. The van der Waals surface area contributed by atoms with E-state index in [1.54, 1.807) is 54.6 Å². The molecule has 0 aliphatic heterocycles. The van der Waals surface area contributed by atoms with Gasteiger partial charge in [0.25, 0.3) is 5.69 Å². The molecule has 1 heterocycles. The summed E-state index contributed by atoms with van der Waals surface area (Å²) in [7, 11) is 0. The Bertz CT molecular complexity index is 1180. The van der Waals surface area contributed by atoms with Crippen LogP contribution in [0.2, 0.25) is 0 Å². The Labute approximate surface area is 159 Å². The van der Waals surface area contributed by atoms with Crippen LogP contribution in [0, 0.1) is 10.1 Å². The Morgan fingerprint density at radius 1 is 0.964 bits per heavy atom. The molecule has 0 radical (unpaired) electrons. The molecule has 28 heavy (non-hydrogen) atoms. The Balaban J connectivity index is 1.87. The fourth-order valence-corrected chi connectivity index (χ4v) is 2.85. The minimum Gasteiger partial charge on any atom is -0.436 e. The van der Waals surface area contributed by atoms with Gasteiger partial charge in [-0.05, 0) is 23.8 Å². The highest BCUT2D eigenvalue weighted by atomic mass is 16.6. The molecule has 4 aromatic rings. The quantitative estimate of drug-likeness (QED) is 0.210. The standard InChI is InChI=1S/C22H14N2O4/c25-21(16-8-2-1-3-9-16)18(14-15-7-6-10-17(13-15)24(26)27)22-23-19-11-4-5-12-20(19)28-22/h1-14H/b18-14-. The summed E-state index contributed by atoms with van der Waals surface area (Å²) in [6, 6.07) is 22.0. The summed E-state index contributed by atoms with van der Waals surface area (Å²) in [5, 5.41) is 11.1. The van der Waals surface area contributed by atoms with Crippen LogP contribution < -0.4 is 0 Å². The fraction of sp³-hybridized carbons (Fsp3) is 0. The zero-order valence-electron chi connectivity index (χ0n) is 14.6. The van der Waals surface area contributed by atoms with Gasteiger partial charge in [0.05, 0.1) is 10.5 Å². The lowest BCUT2D eigenvalue weighted by Crippen LogP contribution is -2.03. The summed E-state index contributed by atoms with van der Waals surface area (Å²) in [6.07, 6.45) is 1.56. The molecule has 1 aromatic heterocycles. The number of aromatic nitrogens is 1. The summed E-state index contributed by atoms with van der Waals surface area (Å²) in [6.45, 7) is 0. The number of carbonyl (C=O) groups is 1. The van der Waals surface area contributed by atoms with Crippen LogP contribution in [-0.4, -0.2) is 15.7 Å². The van der Waals surface area contributed by atoms with Crippen LogP contribution in [0.1, 0.15) is 21.8 Å². The van der Waals surface area contributed by atoms with Gasteiger partial charge in [0.15, 0.2) is 11.4 Å². The van der Waals surface area contributed by atoms with Crippen molar-refractivity contribution in [2.75, 3.05) is 0 Å². The minimum atomic E-state index is -0.477. The molecule has 0 atom stereocenters. The van der Waals surface area contributed by atoms with E-state index in [1.165, 1.54) is 12.1 Å².